The van der Waals surface area contributed by atoms with E-state index in [1.165, 1.54) is 0 Å². The average Bonchev–Trinajstić information content (AvgIpc) is 2.67. The first-order chi connectivity index (χ1) is 8.84. The van der Waals surface area contributed by atoms with E-state index in [1.54, 1.807) is 6.08 Å². The van der Waals surface area contributed by atoms with Crippen molar-refractivity contribution >= 4 is 12.0 Å². The summed E-state index contributed by atoms with van der Waals surface area (Å²) < 4.78 is 5.48. The van der Waals surface area contributed by atoms with Crippen LogP contribution in [0.25, 0.3) is 6.08 Å². The van der Waals surface area contributed by atoms with E-state index in [0.717, 1.165) is 18.4 Å². The highest BCUT2D eigenvalue weighted by molar-refractivity contribution is 5.92. The molecule has 3 nitrogen and oxygen atoms in total. The van der Waals surface area contributed by atoms with Gasteiger partial charge in [-0.2, -0.15) is 0 Å². The van der Waals surface area contributed by atoms with Gasteiger partial charge in [0.05, 0.1) is 25.3 Å². The van der Waals surface area contributed by atoms with Crippen molar-refractivity contribution in [1.82, 2.24) is 4.90 Å². The van der Waals surface area contributed by atoms with Crippen LogP contribution in [0.4, 0.5) is 0 Å². The first kappa shape index (κ1) is 11.5. The Kier molecular flexibility index (Phi) is 3.15. The van der Waals surface area contributed by atoms with Crippen LogP contribution < -0.4 is 0 Å². The van der Waals surface area contributed by atoms with Crippen LogP contribution in [0.2, 0.25) is 0 Å². The van der Waals surface area contributed by atoms with Gasteiger partial charge in [-0.05, 0) is 24.5 Å². The average molecular weight is 243 g/mol. The Balaban J connectivity index is 1.70. The van der Waals surface area contributed by atoms with Crippen molar-refractivity contribution in [2.75, 3.05) is 13.2 Å². The number of ether oxygens (including phenoxy) is 1. The third-order valence-electron chi connectivity index (χ3n) is 3.71. The molecular weight excluding hydrogens is 226 g/mol. The maximum Gasteiger partial charge on any atom is 0.247 e. The SMILES string of the molecule is O=C(/C=C/c1ccccc1)N1C2CCC1COC2. The molecule has 2 saturated heterocycles. The van der Waals surface area contributed by atoms with Crippen LogP contribution in [0, 0.1) is 0 Å². The molecule has 2 aliphatic rings. The van der Waals surface area contributed by atoms with E-state index in [-0.39, 0.29) is 18.0 Å². The van der Waals surface area contributed by atoms with Gasteiger partial charge in [-0.25, -0.2) is 0 Å². The van der Waals surface area contributed by atoms with Crippen molar-refractivity contribution in [2.24, 2.45) is 0 Å². The molecule has 3 heteroatoms. The summed E-state index contributed by atoms with van der Waals surface area (Å²) in [4.78, 5) is 14.2. The summed E-state index contributed by atoms with van der Waals surface area (Å²) in [5.41, 5.74) is 1.06. The molecule has 94 valence electrons. The highest BCUT2D eigenvalue weighted by Gasteiger charge is 2.39. The van der Waals surface area contributed by atoms with Gasteiger partial charge in [-0.15, -0.1) is 0 Å². The lowest BCUT2D eigenvalue weighted by Crippen LogP contribution is -2.48. The van der Waals surface area contributed by atoms with E-state index in [1.807, 2.05) is 41.3 Å². The van der Waals surface area contributed by atoms with Crippen LogP contribution in [0.5, 0.6) is 0 Å². The molecule has 0 radical (unpaired) electrons. The lowest BCUT2D eigenvalue weighted by atomic mass is 10.2. The Morgan fingerprint density at radius 3 is 2.50 bits per heavy atom. The van der Waals surface area contributed by atoms with Crippen LogP contribution in [-0.2, 0) is 9.53 Å². The van der Waals surface area contributed by atoms with Crippen molar-refractivity contribution in [2.45, 2.75) is 24.9 Å². The second-order valence-electron chi connectivity index (χ2n) is 4.91. The number of morpholine rings is 1. The Labute approximate surface area is 107 Å². The zero-order chi connectivity index (χ0) is 12.4. The molecule has 0 spiro atoms. The fourth-order valence-electron chi connectivity index (χ4n) is 2.81. The molecule has 2 aliphatic heterocycles. The van der Waals surface area contributed by atoms with E-state index in [2.05, 4.69) is 0 Å². The molecule has 18 heavy (non-hydrogen) atoms. The maximum absolute atomic E-state index is 12.2. The lowest BCUT2D eigenvalue weighted by molar-refractivity contribution is -0.135. The monoisotopic (exact) mass is 243 g/mol. The Morgan fingerprint density at radius 1 is 1.17 bits per heavy atom. The quantitative estimate of drug-likeness (QED) is 0.744. The molecule has 2 unspecified atom stereocenters. The number of fused-ring (bicyclic) bond motifs is 2. The molecule has 2 fully saturated rings. The minimum absolute atomic E-state index is 0.120. The van der Waals surface area contributed by atoms with Crippen LogP contribution in [0.1, 0.15) is 18.4 Å². The number of nitrogens with zero attached hydrogens (tertiary/aromatic N) is 1. The van der Waals surface area contributed by atoms with Crippen LogP contribution in [0.15, 0.2) is 36.4 Å². The second kappa shape index (κ2) is 4.94. The minimum Gasteiger partial charge on any atom is -0.377 e. The normalized spacial score (nSPS) is 26.8. The predicted molar refractivity (Wildman–Crippen MR) is 70.0 cm³/mol. The Morgan fingerprint density at radius 2 is 1.83 bits per heavy atom. The van der Waals surface area contributed by atoms with E-state index in [0.29, 0.717) is 13.2 Å². The van der Waals surface area contributed by atoms with Crippen LogP contribution in [-0.4, -0.2) is 36.1 Å². The minimum atomic E-state index is 0.120. The van der Waals surface area contributed by atoms with Crippen molar-refractivity contribution in [3.05, 3.63) is 42.0 Å². The van der Waals surface area contributed by atoms with Gasteiger partial charge in [0.15, 0.2) is 0 Å². The van der Waals surface area contributed by atoms with Crippen molar-refractivity contribution in [1.29, 1.82) is 0 Å². The predicted octanol–water partition coefficient (Wildman–Crippen LogP) is 2.09. The number of rotatable bonds is 2. The van der Waals surface area contributed by atoms with Gasteiger partial charge in [0.25, 0.3) is 0 Å². The molecule has 0 saturated carbocycles. The van der Waals surface area contributed by atoms with Gasteiger partial charge < -0.3 is 9.64 Å². The van der Waals surface area contributed by atoms with Gasteiger partial charge in [-0.1, -0.05) is 30.3 Å². The number of carbonyl (C=O) groups excluding carboxylic acids is 1. The standard InChI is InChI=1S/C15H17NO2/c17-15(9-6-12-4-2-1-3-5-12)16-13-7-8-14(16)11-18-10-13/h1-6,9,13-14H,7-8,10-11H2/b9-6+. The number of carbonyl (C=O) groups is 1. The molecule has 2 heterocycles. The molecule has 1 aromatic carbocycles. The smallest absolute Gasteiger partial charge is 0.247 e. The summed E-state index contributed by atoms with van der Waals surface area (Å²) in [6.45, 7) is 1.39. The molecule has 1 aromatic rings. The van der Waals surface area contributed by atoms with E-state index in [9.17, 15) is 4.79 Å². The first-order valence-electron chi connectivity index (χ1n) is 6.48. The van der Waals surface area contributed by atoms with Gasteiger partial charge in [0.1, 0.15) is 0 Å². The molecule has 0 aromatic heterocycles. The van der Waals surface area contributed by atoms with Crippen LogP contribution in [0.3, 0.4) is 0 Å². The molecule has 2 bridgehead atoms. The van der Waals surface area contributed by atoms with Crippen molar-refractivity contribution in [3.8, 4) is 0 Å². The van der Waals surface area contributed by atoms with Gasteiger partial charge >= 0.3 is 0 Å². The zero-order valence-corrected chi connectivity index (χ0v) is 10.3. The maximum atomic E-state index is 12.2. The van der Waals surface area contributed by atoms with Crippen LogP contribution >= 0.6 is 0 Å². The van der Waals surface area contributed by atoms with Gasteiger partial charge in [0, 0.05) is 6.08 Å². The van der Waals surface area contributed by atoms with E-state index in [4.69, 9.17) is 4.74 Å². The van der Waals surface area contributed by atoms with Gasteiger partial charge in [-0.3, -0.25) is 4.79 Å². The summed E-state index contributed by atoms with van der Waals surface area (Å²) in [6, 6.07) is 10.5. The fraction of sp³-hybridized carbons (Fsp3) is 0.400. The van der Waals surface area contributed by atoms with Gasteiger partial charge in [0.2, 0.25) is 5.91 Å². The second-order valence-corrected chi connectivity index (χ2v) is 4.91. The summed E-state index contributed by atoms with van der Waals surface area (Å²) >= 11 is 0. The third kappa shape index (κ3) is 2.18. The first-order valence-corrected chi connectivity index (χ1v) is 6.48. The number of hydrogen-bond acceptors (Lipinski definition) is 2. The highest BCUT2D eigenvalue weighted by Crippen LogP contribution is 2.28. The molecule has 2 atom stereocenters. The number of benzene rings is 1. The summed E-state index contributed by atoms with van der Waals surface area (Å²) in [7, 11) is 0. The molecular formula is C15H17NO2. The fourth-order valence-corrected chi connectivity index (χ4v) is 2.81. The van der Waals surface area contributed by atoms with Crippen molar-refractivity contribution in [3.63, 3.8) is 0 Å². The zero-order valence-electron chi connectivity index (χ0n) is 10.3. The number of hydrogen-bond donors (Lipinski definition) is 0. The topological polar surface area (TPSA) is 29.5 Å². The van der Waals surface area contributed by atoms with E-state index >= 15 is 0 Å². The molecule has 0 N–H and O–H groups in total. The molecule has 1 amide bonds. The summed E-state index contributed by atoms with van der Waals surface area (Å²) in [6.07, 6.45) is 5.73. The Bertz CT molecular complexity index is 439. The largest absolute Gasteiger partial charge is 0.377 e. The summed E-state index contributed by atoms with van der Waals surface area (Å²) in [5, 5.41) is 0. The summed E-state index contributed by atoms with van der Waals surface area (Å²) in [5.74, 6) is 0.120. The van der Waals surface area contributed by atoms with E-state index < -0.39 is 0 Å². The molecule has 3 rings (SSSR count). The Hall–Kier alpha value is -1.61. The van der Waals surface area contributed by atoms with Crippen molar-refractivity contribution < 1.29 is 9.53 Å². The number of amides is 1. The lowest BCUT2D eigenvalue weighted by Gasteiger charge is -2.33. The third-order valence-corrected chi connectivity index (χ3v) is 3.71. The molecule has 0 aliphatic carbocycles. The highest BCUT2D eigenvalue weighted by atomic mass is 16.5.